The highest BCUT2D eigenvalue weighted by atomic mass is 19.3. The summed E-state index contributed by atoms with van der Waals surface area (Å²) in [6.45, 7) is 6.54. The summed E-state index contributed by atoms with van der Waals surface area (Å²) in [6, 6.07) is 26.0. The highest BCUT2D eigenvalue weighted by molar-refractivity contribution is 5.52. The van der Waals surface area contributed by atoms with Crippen LogP contribution in [-0.2, 0) is 25.6 Å². The van der Waals surface area contributed by atoms with Crippen molar-refractivity contribution in [3.05, 3.63) is 95.1 Å². The van der Waals surface area contributed by atoms with Crippen molar-refractivity contribution in [1.29, 1.82) is 0 Å². The van der Waals surface area contributed by atoms with Gasteiger partial charge in [0.15, 0.2) is 6.29 Å². The lowest BCUT2D eigenvalue weighted by Gasteiger charge is -2.37. The van der Waals surface area contributed by atoms with Crippen LogP contribution in [0.3, 0.4) is 0 Å². The van der Waals surface area contributed by atoms with E-state index in [9.17, 15) is 9.63 Å². The van der Waals surface area contributed by atoms with E-state index in [0.29, 0.717) is 17.6 Å². The smallest absolute Gasteiger partial charge is 0.159 e. The minimum atomic E-state index is -0.106. The predicted octanol–water partition coefficient (Wildman–Crippen LogP) is 6.79. The molecule has 0 bridgehead atoms. The van der Waals surface area contributed by atoms with Crippen LogP contribution in [0.25, 0.3) is 0 Å². The average Bonchev–Trinajstić information content (AvgIpc) is 3.68. The molecule has 2 atom stereocenters. The van der Waals surface area contributed by atoms with Crippen molar-refractivity contribution < 1.29 is 28.8 Å². The van der Waals surface area contributed by atoms with E-state index in [4.69, 9.17) is 14.3 Å². The van der Waals surface area contributed by atoms with Gasteiger partial charge in [-0.05, 0) is 109 Å². The van der Waals surface area contributed by atoms with E-state index in [1.54, 1.807) is 14.2 Å². The predicted molar refractivity (Wildman–Crippen MR) is 174 cm³/mol. The first-order chi connectivity index (χ1) is 21.6. The molecular weight excluding hydrogens is 559 g/mol. The van der Waals surface area contributed by atoms with Gasteiger partial charge in [0.2, 0.25) is 0 Å². The summed E-state index contributed by atoms with van der Waals surface area (Å²) in [5.74, 6) is 1.53. The van der Waals surface area contributed by atoms with Crippen molar-refractivity contribution in [1.82, 2.24) is 5.32 Å². The molecule has 2 heterocycles. The number of nitrogens with one attached hydrogen (secondary N) is 1. The van der Waals surface area contributed by atoms with Gasteiger partial charge >= 0.3 is 0 Å². The number of phenolic OH excluding ortho intramolecular Hbond substituents is 1. The Kier molecular flexibility index (Phi) is 15.3. The third-order valence-electron chi connectivity index (χ3n) is 8.78. The van der Waals surface area contributed by atoms with E-state index in [1.165, 1.54) is 53.9 Å². The van der Waals surface area contributed by atoms with Crippen molar-refractivity contribution in [3.63, 3.8) is 0 Å². The number of hydrogen-bond acceptors (Lipinski definition) is 7. The second-order valence-corrected chi connectivity index (χ2v) is 11.3. The van der Waals surface area contributed by atoms with Crippen LogP contribution in [0.2, 0.25) is 0 Å². The number of carbonyl (C=O) groups is 1. The molecule has 3 aromatic carbocycles. The molecule has 44 heavy (non-hydrogen) atoms. The Morgan fingerprint density at radius 2 is 1.48 bits per heavy atom. The molecule has 0 spiro atoms. The molecule has 0 radical (unpaired) electrons. The fourth-order valence-corrected chi connectivity index (χ4v) is 6.71. The molecule has 6 rings (SSSR count). The van der Waals surface area contributed by atoms with Crippen molar-refractivity contribution in [2.45, 2.75) is 56.7 Å². The van der Waals surface area contributed by atoms with Gasteiger partial charge in [0.1, 0.15) is 12.5 Å². The number of aromatic hydroxyl groups is 1. The Bertz CT molecular complexity index is 1190. The number of anilines is 1. The van der Waals surface area contributed by atoms with Crippen LogP contribution in [0.1, 0.15) is 66.2 Å². The zero-order valence-corrected chi connectivity index (χ0v) is 26.4. The SMILES string of the molecule is C1CCNC1.C=O.COC(OC)C1CCN(c2ccc(C3c4ccc(O)cc4CCC3c3ccccc3)cc2)CC1.COF. The standard InChI is InChI=1S/C30H35NO3.C4H9N.CH3FO.CH2O/c1-33-30(34-2)23-16-18-31(19-17-23)25-11-8-22(9-12-25)29-27(21-6-4-3-5-7-21)14-10-24-20-26(32)13-15-28(24)29;1-2-4-5-3-1;1-3-2;1-2/h3-9,11-13,15,20,23,27,29-30,32H,10,14,16-19H2,1-2H3;5H,1-4H2;1H3;1H2. The van der Waals surface area contributed by atoms with Crippen LogP contribution in [0.15, 0.2) is 72.8 Å². The summed E-state index contributed by atoms with van der Waals surface area (Å²) in [6.07, 6.45) is 6.90. The highest BCUT2D eigenvalue weighted by Crippen LogP contribution is 2.47. The quantitative estimate of drug-likeness (QED) is 0.298. The van der Waals surface area contributed by atoms with E-state index >= 15 is 0 Å². The molecule has 2 N–H and O–H groups in total. The second kappa shape index (κ2) is 19.2. The van der Waals surface area contributed by atoms with Gasteiger partial charge in [-0.3, -0.25) is 0 Å². The second-order valence-electron chi connectivity index (χ2n) is 11.3. The molecule has 2 unspecified atom stereocenters. The van der Waals surface area contributed by atoms with Gasteiger partial charge < -0.3 is 29.6 Å². The summed E-state index contributed by atoms with van der Waals surface area (Å²) >= 11 is 0. The molecule has 8 heteroatoms. The molecule has 2 fully saturated rings. The van der Waals surface area contributed by atoms with Crippen LogP contribution in [-0.4, -0.2) is 65.7 Å². The fourth-order valence-electron chi connectivity index (χ4n) is 6.71. The average molecular weight is 609 g/mol. The van der Waals surface area contributed by atoms with Crippen LogP contribution < -0.4 is 10.2 Å². The number of benzene rings is 3. The first kappa shape index (κ1) is 35.2. The van der Waals surface area contributed by atoms with E-state index in [-0.39, 0.29) is 12.2 Å². The molecule has 0 saturated carbocycles. The zero-order valence-electron chi connectivity index (χ0n) is 26.4. The van der Waals surface area contributed by atoms with Gasteiger partial charge in [-0.2, -0.15) is 4.94 Å². The third kappa shape index (κ3) is 9.60. The van der Waals surface area contributed by atoms with Crippen LogP contribution in [0.5, 0.6) is 5.75 Å². The molecule has 2 aliphatic heterocycles. The number of hydrogen-bond donors (Lipinski definition) is 2. The molecule has 0 amide bonds. The molecular formula is C36H49FN2O5. The number of phenols is 1. The van der Waals surface area contributed by atoms with Crippen molar-refractivity contribution in [2.24, 2.45) is 5.92 Å². The Morgan fingerprint density at radius 1 is 0.864 bits per heavy atom. The molecule has 7 nitrogen and oxygen atoms in total. The van der Waals surface area contributed by atoms with Gasteiger partial charge in [-0.1, -0.05) is 48.5 Å². The molecule has 3 aliphatic rings. The molecule has 0 aromatic heterocycles. The van der Waals surface area contributed by atoms with Crippen molar-refractivity contribution >= 4 is 12.5 Å². The summed E-state index contributed by atoms with van der Waals surface area (Å²) in [5, 5.41) is 13.3. The molecule has 3 aromatic rings. The molecule has 2 saturated heterocycles. The van der Waals surface area contributed by atoms with Gasteiger partial charge in [-0.15, -0.1) is 0 Å². The lowest BCUT2D eigenvalue weighted by molar-refractivity contribution is -0.141. The summed E-state index contributed by atoms with van der Waals surface area (Å²) in [5.41, 5.74) is 6.64. The van der Waals surface area contributed by atoms with Gasteiger partial charge in [0.25, 0.3) is 0 Å². The van der Waals surface area contributed by atoms with E-state index < -0.39 is 0 Å². The van der Waals surface area contributed by atoms with Crippen LogP contribution in [0, 0.1) is 5.92 Å². The number of methoxy groups -OCH3 is 2. The first-order valence-corrected chi connectivity index (χ1v) is 15.5. The Balaban J connectivity index is 0.000000460. The fraction of sp³-hybridized carbons (Fsp3) is 0.472. The third-order valence-corrected chi connectivity index (χ3v) is 8.78. The number of halogens is 1. The summed E-state index contributed by atoms with van der Waals surface area (Å²) in [4.78, 5) is 13.2. The number of aryl methyl sites for hydroxylation is 1. The Hall–Kier alpha value is -3.30. The van der Waals surface area contributed by atoms with E-state index in [1.807, 2.05) is 18.9 Å². The first-order valence-electron chi connectivity index (χ1n) is 15.5. The maximum atomic E-state index is 10.1. The Morgan fingerprint density at radius 3 is 2.02 bits per heavy atom. The number of ether oxygens (including phenoxy) is 2. The topological polar surface area (TPSA) is 80.3 Å². The lowest BCUT2D eigenvalue weighted by Crippen LogP contribution is -2.39. The summed E-state index contributed by atoms with van der Waals surface area (Å²) < 4.78 is 20.8. The minimum absolute atomic E-state index is 0.106. The number of piperidine rings is 1. The minimum Gasteiger partial charge on any atom is -0.508 e. The summed E-state index contributed by atoms with van der Waals surface area (Å²) in [7, 11) is 4.42. The van der Waals surface area contributed by atoms with Gasteiger partial charge in [-0.25, -0.2) is 0 Å². The maximum absolute atomic E-state index is 10.1. The monoisotopic (exact) mass is 608 g/mol. The Labute approximate surface area is 262 Å². The molecule has 1 aliphatic carbocycles. The number of fused-ring (bicyclic) bond motifs is 1. The lowest BCUT2D eigenvalue weighted by atomic mass is 9.69. The highest BCUT2D eigenvalue weighted by Gasteiger charge is 2.32. The van der Waals surface area contributed by atoms with E-state index in [2.05, 4.69) is 75.8 Å². The van der Waals surface area contributed by atoms with Gasteiger partial charge in [0, 0.05) is 44.8 Å². The number of nitrogens with zero attached hydrogens (tertiary/aromatic N) is 1. The van der Waals surface area contributed by atoms with Crippen LogP contribution in [0.4, 0.5) is 10.2 Å². The van der Waals surface area contributed by atoms with Crippen LogP contribution >= 0.6 is 0 Å². The number of carbonyl (C=O) groups excluding carboxylic acids is 1. The van der Waals surface area contributed by atoms with Crippen molar-refractivity contribution in [3.8, 4) is 5.75 Å². The largest absolute Gasteiger partial charge is 0.508 e. The number of rotatable bonds is 6. The molecule has 240 valence electrons. The normalized spacial score (nSPS) is 19.4. The van der Waals surface area contributed by atoms with E-state index in [0.717, 1.165) is 45.9 Å². The maximum Gasteiger partial charge on any atom is 0.159 e. The van der Waals surface area contributed by atoms with Gasteiger partial charge in [0.05, 0.1) is 7.11 Å². The van der Waals surface area contributed by atoms with Crippen molar-refractivity contribution in [2.75, 3.05) is 52.4 Å². The zero-order chi connectivity index (χ0) is 31.7.